The molecule has 6 nitrogen and oxygen atoms in total. The van der Waals surface area contributed by atoms with E-state index in [0.29, 0.717) is 18.3 Å². The first kappa shape index (κ1) is 31.1. The smallest absolute Gasteiger partial charge is 0.504 e. The summed E-state index contributed by atoms with van der Waals surface area (Å²) >= 11 is 0. The minimum atomic E-state index is -2.91. The lowest BCUT2D eigenvalue weighted by Gasteiger charge is -2.27. The molecule has 0 saturated heterocycles. The van der Waals surface area contributed by atoms with Gasteiger partial charge in [0, 0.05) is 33.4 Å². The van der Waals surface area contributed by atoms with Gasteiger partial charge < -0.3 is 29.4 Å². The minimum absolute atomic E-state index is 0.202. The number of hydrogen-bond donors (Lipinski definition) is 3. The number of allylic oxidation sites excluding steroid dienone is 6. The van der Waals surface area contributed by atoms with Gasteiger partial charge in [0.2, 0.25) is 0 Å². The second kappa shape index (κ2) is 20.3. The van der Waals surface area contributed by atoms with Crippen molar-refractivity contribution in [2.45, 2.75) is 70.8 Å². The SMILES string of the molecule is C/C=C/C=C/C/C=C\CCCCCCCc1cccc(O[Si](CCCNCCN)(OC)OC)c1O. The molecule has 1 rings (SSSR count). The third kappa shape index (κ3) is 13.7. The second-order valence-electron chi connectivity index (χ2n) is 8.57. The fourth-order valence-electron chi connectivity index (χ4n) is 3.77. The van der Waals surface area contributed by atoms with Crippen molar-refractivity contribution in [2.75, 3.05) is 33.9 Å². The van der Waals surface area contributed by atoms with Crippen molar-refractivity contribution >= 4 is 8.80 Å². The van der Waals surface area contributed by atoms with Crippen molar-refractivity contribution < 1.29 is 18.4 Å². The van der Waals surface area contributed by atoms with Crippen LogP contribution in [0.2, 0.25) is 6.04 Å². The number of benzene rings is 1. The molecule has 0 aliphatic rings. The number of nitrogens with two attached hydrogens (primary N) is 1. The highest BCUT2D eigenvalue weighted by Gasteiger charge is 2.41. The highest BCUT2D eigenvalue weighted by molar-refractivity contribution is 6.61. The Labute approximate surface area is 214 Å². The molecule has 0 atom stereocenters. The van der Waals surface area contributed by atoms with Crippen LogP contribution in [0, 0.1) is 0 Å². The van der Waals surface area contributed by atoms with Crippen molar-refractivity contribution in [1.29, 1.82) is 0 Å². The van der Waals surface area contributed by atoms with Gasteiger partial charge in [0.15, 0.2) is 5.75 Å². The maximum Gasteiger partial charge on any atom is 0.565 e. The summed E-state index contributed by atoms with van der Waals surface area (Å²) in [6, 6.07) is 6.34. The van der Waals surface area contributed by atoms with Crippen LogP contribution in [0.3, 0.4) is 0 Å². The van der Waals surface area contributed by atoms with Crippen LogP contribution in [-0.2, 0) is 15.3 Å². The molecule has 4 N–H and O–H groups in total. The van der Waals surface area contributed by atoms with E-state index < -0.39 is 8.80 Å². The standard InChI is InChI=1S/C28H48N2O4Si/c1-4-5-6-7-8-9-10-11-12-13-14-15-16-19-26-20-17-21-27(28(26)31)34-35(32-2,33-3)25-18-23-30-24-22-29/h4-7,9-10,17,20-21,30-31H,8,11-16,18-19,22-25,29H2,1-3H3/b5-4+,7-6+,10-9-. The topological polar surface area (TPSA) is 86.0 Å². The predicted molar refractivity (Wildman–Crippen MR) is 149 cm³/mol. The highest BCUT2D eigenvalue weighted by Crippen LogP contribution is 2.34. The van der Waals surface area contributed by atoms with Gasteiger partial charge in [-0.1, -0.05) is 67.9 Å². The molecule has 7 heteroatoms. The lowest BCUT2D eigenvalue weighted by molar-refractivity contribution is 0.157. The van der Waals surface area contributed by atoms with Crippen molar-refractivity contribution in [3.63, 3.8) is 0 Å². The maximum atomic E-state index is 10.8. The zero-order valence-electron chi connectivity index (χ0n) is 22.1. The first-order valence-electron chi connectivity index (χ1n) is 13.1. The Morgan fingerprint density at radius 1 is 0.943 bits per heavy atom. The van der Waals surface area contributed by atoms with E-state index in [1.165, 1.54) is 19.3 Å². The monoisotopic (exact) mass is 504 g/mol. The highest BCUT2D eigenvalue weighted by atomic mass is 28.4. The molecule has 35 heavy (non-hydrogen) atoms. The van der Waals surface area contributed by atoms with Gasteiger partial charge in [0.25, 0.3) is 0 Å². The first-order valence-corrected chi connectivity index (χ1v) is 15.0. The zero-order chi connectivity index (χ0) is 25.6. The van der Waals surface area contributed by atoms with Gasteiger partial charge in [-0.3, -0.25) is 0 Å². The first-order chi connectivity index (χ1) is 17.1. The largest absolute Gasteiger partial charge is 0.565 e. The summed E-state index contributed by atoms with van der Waals surface area (Å²) in [7, 11) is 0.312. The number of para-hydroxylation sites is 1. The fourth-order valence-corrected chi connectivity index (χ4v) is 5.72. The number of phenols is 1. The zero-order valence-corrected chi connectivity index (χ0v) is 23.1. The van der Waals surface area contributed by atoms with Crippen molar-refractivity contribution in [3.8, 4) is 11.5 Å². The predicted octanol–water partition coefficient (Wildman–Crippen LogP) is 5.90. The Morgan fingerprint density at radius 2 is 1.71 bits per heavy atom. The molecule has 0 radical (unpaired) electrons. The lowest BCUT2D eigenvalue weighted by Crippen LogP contribution is -2.47. The molecule has 1 aromatic carbocycles. The van der Waals surface area contributed by atoms with E-state index in [9.17, 15) is 5.11 Å². The molecular formula is C28H48N2O4Si. The van der Waals surface area contributed by atoms with Crippen LogP contribution < -0.4 is 15.5 Å². The van der Waals surface area contributed by atoms with Crippen LogP contribution in [0.15, 0.2) is 54.7 Å². The number of hydrogen-bond acceptors (Lipinski definition) is 6. The van der Waals surface area contributed by atoms with E-state index in [1.54, 1.807) is 20.3 Å². The number of aromatic hydroxyl groups is 1. The van der Waals surface area contributed by atoms with Crippen molar-refractivity contribution in [2.24, 2.45) is 5.73 Å². The van der Waals surface area contributed by atoms with Crippen LogP contribution in [0.25, 0.3) is 0 Å². The Morgan fingerprint density at radius 3 is 2.46 bits per heavy atom. The van der Waals surface area contributed by atoms with Gasteiger partial charge in [-0.2, -0.15) is 0 Å². The van der Waals surface area contributed by atoms with Crippen molar-refractivity contribution in [3.05, 3.63) is 60.2 Å². The molecular weight excluding hydrogens is 456 g/mol. The molecule has 198 valence electrons. The van der Waals surface area contributed by atoms with E-state index in [1.807, 2.05) is 25.1 Å². The number of unbranched alkanes of at least 4 members (excludes halogenated alkanes) is 5. The van der Waals surface area contributed by atoms with Gasteiger partial charge in [0.05, 0.1) is 0 Å². The Bertz CT molecular complexity index is 748. The Kier molecular flexibility index (Phi) is 18.1. The molecule has 0 aromatic heterocycles. The molecule has 0 amide bonds. The molecule has 0 heterocycles. The van der Waals surface area contributed by atoms with E-state index >= 15 is 0 Å². The number of rotatable bonds is 21. The third-order valence-corrected chi connectivity index (χ3v) is 8.56. The van der Waals surface area contributed by atoms with Crippen LogP contribution >= 0.6 is 0 Å². The van der Waals surface area contributed by atoms with Gasteiger partial charge in [-0.05, 0) is 63.6 Å². The van der Waals surface area contributed by atoms with Crippen LogP contribution in [-0.4, -0.2) is 47.8 Å². The van der Waals surface area contributed by atoms with Gasteiger partial charge in [-0.15, -0.1) is 0 Å². The summed E-state index contributed by atoms with van der Waals surface area (Å²) < 4.78 is 17.6. The quantitative estimate of drug-likeness (QED) is 0.0836. The minimum Gasteiger partial charge on any atom is -0.504 e. The van der Waals surface area contributed by atoms with E-state index in [4.69, 9.17) is 19.0 Å². The van der Waals surface area contributed by atoms with Crippen LogP contribution in [0.1, 0.15) is 63.9 Å². The number of phenolic OH excluding ortho intramolecular Hbond substituents is 1. The molecule has 0 spiro atoms. The molecule has 0 aliphatic carbocycles. The molecule has 0 bridgehead atoms. The lowest BCUT2D eigenvalue weighted by atomic mass is 10.0. The van der Waals surface area contributed by atoms with Gasteiger partial charge >= 0.3 is 8.80 Å². The van der Waals surface area contributed by atoms with E-state index in [-0.39, 0.29) is 5.75 Å². The van der Waals surface area contributed by atoms with Crippen molar-refractivity contribution in [1.82, 2.24) is 5.32 Å². The Balaban J connectivity index is 2.40. The summed E-state index contributed by atoms with van der Waals surface area (Å²) in [6.07, 6.45) is 22.6. The fraction of sp³-hybridized carbons (Fsp3) is 0.571. The molecule has 0 aliphatic heterocycles. The Hall–Kier alpha value is -1.90. The number of nitrogens with one attached hydrogen (secondary N) is 1. The second-order valence-corrected chi connectivity index (χ2v) is 11.5. The van der Waals surface area contributed by atoms with E-state index in [0.717, 1.165) is 57.2 Å². The summed E-state index contributed by atoms with van der Waals surface area (Å²) in [5.74, 6) is 0.647. The van der Waals surface area contributed by atoms with Gasteiger partial charge in [-0.25, -0.2) is 0 Å². The summed E-state index contributed by atoms with van der Waals surface area (Å²) in [5, 5.41) is 14.1. The van der Waals surface area contributed by atoms with Crippen LogP contribution in [0.4, 0.5) is 0 Å². The summed E-state index contributed by atoms with van der Waals surface area (Å²) in [4.78, 5) is 0. The number of aryl methyl sites for hydroxylation is 1. The molecule has 0 saturated carbocycles. The average Bonchev–Trinajstić information content (AvgIpc) is 2.88. The molecule has 0 fully saturated rings. The molecule has 1 aromatic rings. The summed E-state index contributed by atoms with van der Waals surface area (Å²) in [6.45, 7) is 4.24. The summed E-state index contributed by atoms with van der Waals surface area (Å²) in [5.41, 5.74) is 6.43. The average molecular weight is 505 g/mol. The van der Waals surface area contributed by atoms with Crippen LogP contribution in [0.5, 0.6) is 11.5 Å². The third-order valence-electron chi connectivity index (χ3n) is 5.82. The molecule has 0 unspecified atom stereocenters. The van der Waals surface area contributed by atoms with E-state index in [2.05, 4.69) is 35.7 Å². The van der Waals surface area contributed by atoms with Gasteiger partial charge in [0.1, 0.15) is 5.75 Å². The maximum absolute atomic E-state index is 10.8. The normalized spacial score (nSPS) is 12.5.